The Morgan fingerprint density at radius 2 is 1.79 bits per heavy atom. The average molecular weight is 264 g/mol. The number of nitrogens with two attached hydrogens (primary N) is 1. The first-order valence-corrected chi connectivity index (χ1v) is 6.90. The lowest BCUT2D eigenvalue weighted by atomic mass is 9.91. The molecule has 3 N–H and O–H groups in total. The van der Waals surface area contributed by atoms with Crippen molar-refractivity contribution in [3.05, 3.63) is 17.7 Å². The van der Waals surface area contributed by atoms with Crippen LogP contribution in [-0.4, -0.2) is 26.3 Å². The van der Waals surface area contributed by atoms with Crippen molar-refractivity contribution in [1.29, 1.82) is 0 Å². The van der Waals surface area contributed by atoms with Gasteiger partial charge in [0.25, 0.3) is 0 Å². The number of aryl methyl sites for hydroxylation is 1. The van der Waals surface area contributed by atoms with Crippen molar-refractivity contribution >= 4 is 5.69 Å². The smallest absolute Gasteiger partial charge is 0.142 e. The molecule has 0 aliphatic heterocycles. The summed E-state index contributed by atoms with van der Waals surface area (Å²) >= 11 is 0. The molecule has 0 heterocycles. The van der Waals surface area contributed by atoms with Crippen LogP contribution in [0.5, 0.6) is 11.5 Å². The van der Waals surface area contributed by atoms with Crippen molar-refractivity contribution in [2.45, 2.75) is 44.7 Å². The van der Waals surface area contributed by atoms with E-state index >= 15 is 0 Å². The summed E-state index contributed by atoms with van der Waals surface area (Å²) in [6.45, 7) is 2.01. The fraction of sp³-hybridized carbons (Fsp3) is 0.600. The molecule has 1 aromatic rings. The van der Waals surface area contributed by atoms with Gasteiger partial charge in [0.1, 0.15) is 11.5 Å². The van der Waals surface area contributed by atoms with Gasteiger partial charge in [-0.2, -0.15) is 0 Å². The Balaban J connectivity index is 2.22. The summed E-state index contributed by atoms with van der Waals surface area (Å²) in [6, 6.07) is 4.52. The molecule has 0 spiro atoms. The zero-order chi connectivity index (χ0) is 13.8. The molecule has 0 saturated heterocycles. The first-order valence-electron chi connectivity index (χ1n) is 6.90. The topological polar surface area (TPSA) is 56.5 Å². The molecule has 1 aliphatic rings. The highest BCUT2D eigenvalue weighted by molar-refractivity contribution is 5.62. The number of benzene rings is 1. The van der Waals surface area contributed by atoms with Crippen LogP contribution in [0.4, 0.5) is 5.69 Å². The average Bonchev–Trinajstić information content (AvgIpc) is 2.42. The lowest BCUT2D eigenvalue weighted by molar-refractivity contribution is 0.391. The molecule has 0 radical (unpaired) electrons. The molecule has 2 atom stereocenters. The minimum atomic E-state index is 0.214. The minimum Gasteiger partial charge on any atom is -0.496 e. The van der Waals surface area contributed by atoms with Crippen LogP contribution in [0.25, 0.3) is 0 Å². The molecule has 19 heavy (non-hydrogen) atoms. The Labute approximate surface area is 115 Å². The van der Waals surface area contributed by atoms with Gasteiger partial charge < -0.3 is 20.5 Å². The normalized spacial score (nSPS) is 22.9. The van der Waals surface area contributed by atoms with Crippen molar-refractivity contribution in [2.24, 2.45) is 5.73 Å². The van der Waals surface area contributed by atoms with E-state index in [9.17, 15) is 0 Å². The number of hydrogen-bond acceptors (Lipinski definition) is 4. The maximum atomic E-state index is 6.18. The number of rotatable bonds is 4. The van der Waals surface area contributed by atoms with Gasteiger partial charge in [-0.05, 0) is 31.4 Å². The van der Waals surface area contributed by atoms with E-state index in [-0.39, 0.29) is 6.04 Å². The Kier molecular flexibility index (Phi) is 4.53. The maximum Gasteiger partial charge on any atom is 0.142 e. The third-order valence-electron chi connectivity index (χ3n) is 3.88. The summed E-state index contributed by atoms with van der Waals surface area (Å²) in [4.78, 5) is 0. The molecule has 4 nitrogen and oxygen atoms in total. The summed E-state index contributed by atoms with van der Waals surface area (Å²) in [5, 5.41) is 3.52. The molecule has 0 aromatic heterocycles. The van der Waals surface area contributed by atoms with Crippen molar-refractivity contribution < 1.29 is 9.47 Å². The number of anilines is 1. The number of methoxy groups -OCH3 is 2. The van der Waals surface area contributed by atoms with Gasteiger partial charge in [-0.15, -0.1) is 0 Å². The predicted molar refractivity (Wildman–Crippen MR) is 78.1 cm³/mol. The molecule has 106 valence electrons. The van der Waals surface area contributed by atoms with Crippen LogP contribution in [0.2, 0.25) is 0 Å². The first-order chi connectivity index (χ1) is 9.15. The fourth-order valence-corrected chi connectivity index (χ4v) is 2.70. The quantitative estimate of drug-likeness (QED) is 0.878. The van der Waals surface area contributed by atoms with Gasteiger partial charge in [0.2, 0.25) is 0 Å². The highest BCUT2D eigenvalue weighted by atomic mass is 16.5. The van der Waals surface area contributed by atoms with Crippen LogP contribution in [0.1, 0.15) is 31.2 Å². The zero-order valence-electron chi connectivity index (χ0n) is 12.0. The minimum absolute atomic E-state index is 0.214. The molecule has 0 amide bonds. The molecule has 1 saturated carbocycles. The number of nitrogens with one attached hydrogen (secondary N) is 1. The van der Waals surface area contributed by atoms with Crippen LogP contribution < -0.4 is 20.5 Å². The maximum absolute atomic E-state index is 6.18. The third-order valence-corrected chi connectivity index (χ3v) is 3.88. The van der Waals surface area contributed by atoms with Gasteiger partial charge in [0.15, 0.2) is 0 Å². The second kappa shape index (κ2) is 6.15. The van der Waals surface area contributed by atoms with Crippen LogP contribution in [-0.2, 0) is 0 Å². The molecule has 2 unspecified atom stereocenters. The SMILES string of the molecule is COc1cc(NC2CCCCC2N)c(OC)cc1C. The van der Waals surface area contributed by atoms with Crippen molar-refractivity contribution in [3.8, 4) is 11.5 Å². The molecule has 1 aromatic carbocycles. The van der Waals surface area contributed by atoms with Gasteiger partial charge in [0, 0.05) is 18.2 Å². The van der Waals surface area contributed by atoms with E-state index in [1.807, 2.05) is 19.1 Å². The van der Waals surface area contributed by atoms with E-state index < -0.39 is 0 Å². The van der Waals surface area contributed by atoms with Gasteiger partial charge in [-0.25, -0.2) is 0 Å². The molecule has 2 rings (SSSR count). The van der Waals surface area contributed by atoms with E-state index in [0.717, 1.165) is 35.6 Å². The van der Waals surface area contributed by atoms with Crippen LogP contribution in [0.15, 0.2) is 12.1 Å². The van der Waals surface area contributed by atoms with E-state index in [4.69, 9.17) is 15.2 Å². The van der Waals surface area contributed by atoms with E-state index in [2.05, 4.69) is 5.32 Å². The zero-order valence-corrected chi connectivity index (χ0v) is 12.0. The van der Waals surface area contributed by atoms with Crippen LogP contribution in [0.3, 0.4) is 0 Å². The van der Waals surface area contributed by atoms with Gasteiger partial charge in [0.05, 0.1) is 19.9 Å². The van der Waals surface area contributed by atoms with E-state index in [1.54, 1.807) is 14.2 Å². The highest BCUT2D eigenvalue weighted by Crippen LogP contribution is 2.34. The Hall–Kier alpha value is -1.42. The molecule has 0 bridgehead atoms. The van der Waals surface area contributed by atoms with Crippen LogP contribution in [0, 0.1) is 6.92 Å². The lowest BCUT2D eigenvalue weighted by Crippen LogP contribution is -2.42. The van der Waals surface area contributed by atoms with Gasteiger partial charge in [-0.3, -0.25) is 0 Å². The molecular weight excluding hydrogens is 240 g/mol. The number of ether oxygens (including phenoxy) is 2. The molecule has 1 fully saturated rings. The summed E-state index contributed by atoms with van der Waals surface area (Å²) in [7, 11) is 3.37. The highest BCUT2D eigenvalue weighted by Gasteiger charge is 2.23. The van der Waals surface area contributed by atoms with Crippen molar-refractivity contribution in [1.82, 2.24) is 0 Å². The summed E-state index contributed by atoms with van der Waals surface area (Å²) in [5.41, 5.74) is 8.22. The fourth-order valence-electron chi connectivity index (χ4n) is 2.70. The standard InChI is InChI=1S/C15H24N2O2/c1-10-8-15(19-3)13(9-14(10)18-2)17-12-7-5-4-6-11(12)16/h8-9,11-12,17H,4-7,16H2,1-3H3. The largest absolute Gasteiger partial charge is 0.496 e. The van der Waals surface area contributed by atoms with E-state index in [0.29, 0.717) is 6.04 Å². The van der Waals surface area contributed by atoms with Crippen molar-refractivity contribution in [3.63, 3.8) is 0 Å². The first kappa shape index (κ1) is 14.0. The summed E-state index contributed by atoms with van der Waals surface area (Å²) in [5.74, 6) is 1.71. The van der Waals surface area contributed by atoms with Gasteiger partial charge in [-0.1, -0.05) is 12.8 Å². The molecule has 4 heteroatoms. The van der Waals surface area contributed by atoms with Crippen molar-refractivity contribution in [2.75, 3.05) is 19.5 Å². The summed E-state index contributed by atoms with van der Waals surface area (Å²) < 4.78 is 10.8. The summed E-state index contributed by atoms with van der Waals surface area (Å²) in [6.07, 6.45) is 4.66. The number of hydrogen-bond donors (Lipinski definition) is 2. The Morgan fingerprint density at radius 1 is 1.11 bits per heavy atom. The predicted octanol–water partition coefficient (Wildman–Crippen LogP) is 2.69. The third kappa shape index (κ3) is 3.13. The lowest BCUT2D eigenvalue weighted by Gasteiger charge is -2.30. The second-order valence-corrected chi connectivity index (χ2v) is 5.22. The monoisotopic (exact) mass is 264 g/mol. The Bertz CT molecular complexity index is 434. The van der Waals surface area contributed by atoms with Gasteiger partial charge >= 0.3 is 0 Å². The molecule has 1 aliphatic carbocycles. The van der Waals surface area contributed by atoms with Crippen LogP contribution >= 0.6 is 0 Å². The Morgan fingerprint density at radius 3 is 2.42 bits per heavy atom. The van der Waals surface area contributed by atoms with E-state index in [1.165, 1.54) is 12.8 Å². The molecular formula is C15H24N2O2. The second-order valence-electron chi connectivity index (χ2n) is 5.22.